The van der Waals surface area contributed by atoms with Crippen molar-refractivity contribution in [3.05, 3.63) is 212 Å². The Labute approximate surface area is 325 Å². The third kappa shape index (κ3) is 5.42. The average molecular weight is 714 g/mol. The quantitative estimate of drug-likeness (QED) is 0.171. The Balaban J connectivity index is 1.04. The maximum absolute atomic E-state index is 6.58. The van der Waals surface area contributed by atoms with E-state index in [2.05, 4.69) is 217 Å². The van der Waals surface area contributed by atoms with Crippen LogP contribution in [0, 0.1) is 0 Å². The van der Waals surface area contributed by atoms with Crippen molar-refractivity contribution in [2.45, 2.75) is 0 Å². The number of furan rings is 1. The minimum atomic E-state index is 0.893. The Morgan fingerprint density at radius 1 is 0.304 bits per heavy atom. The molecule has 0 spiro atoms. The van der Waals surface area contributed by atoms with Gasteiger partial charge in [0.25, 0.3) is 0 Å². The number of fused-ring (bicyclic) bond motifs is 7. The number of anilines is 3. The lowest BCUT2D eigenvalue weighted by atomic mass is 9.97. The van der Waals surface area contributed by atoms with Crippen LogP contribution in [0.25, 0.3) is 87.6 Å². The van der Waals surface area contributed by atoms with E-state index in [0.717, 1.165) is 55.5 Å². The summed E-state index contributed by atoms with van der Waals surface area (Å²) in [6, 6.07) is 76.5. The van der Waals surface area contributed by atoms with E-state index in [0.29, 0.717) is 0 Å². The summed E-state index contributed by atoms with van der Waals surface area (Å²) in [5.74, 6) is 0. The molecule has 262 valence electrons. The molecule has 0 aliphatic heterocycles. The molecule has 0 saturated heterocycles. The number of hydrogen-bond donors (Lipinski definition) is 0. The molecule has 2 nitrogen and oxygen atoms in total. The van der Waals surface area contributed by atoms with E-state index in [4.69, 9.17) is 4.42 Å². The summed E-state index contributed by atoms with van der Waals surface area (Å²) in [5, 5.41) is 9.56. The standard InChI is InChI=1S/C54H35NO/c1-2-13-41-34-42(23-22-36(41)10-1)37-24-29-44(30-25-37)55(45-31-26-40(27-32-45)48-19-8-14-38-11-3-5-17-47(38)48)46-16-7-15-43(35-46)49-20-9-21-52-53(49)51-33-28-39-12-4-6-18-50(39)54(51)56-52/h1-35H. The molecule has 2 heteroatoms. The van der Waals surface area contributed by atoms with E-state index in [1.807, 2.05) is 0 Å². The predicted octanol–water partition coefficient (Wildman–Crippen LogP) is 15.5. The van der Waals surface area contributed by atoms with Gasteiger partial charge in [0.15, 0.2) is 0 Å². The van der Waals surface area contributed by atoms with Crippen LogP contribution in [0.3, 0.4) is 0 Å². The molecule has 0 aliphatic carbocycles. The maximum Gasteiger partial charge on any atom is 0.143 e. The molecule has 0 bridgehead atoms. The molecule has 0 fully saturated rings. The first kappa shape index (κ1) is 32.0. The summed E-state index contributed by atoms with van der Waals surface area (Å²) in [6.07, 6.45) is 0. The van der Waals surface area contributed by atoms with Gasteiger partial charge in [-0.1, -0.05) is 158 Å². The zero-order valence-corrected chi connectivity index (χ0v) is 30.6. The molecule has 0 amide bonds. The van der Waals surface area contributed by atoms with Crippen molar-refractivity contribution in [1.29, 1.82) is 0 Å². The Kier molecular flexibility index (Phi) is 7.53. The highest BCUT2D eigenvalue weighted by atomic mass is 16.3. The van der Waals surface area contributed by atoms with Crippen LogP contribution >= 0.6 is 0 Å². The van der Waals surface area contributed by atoms with Gasteiger partial charge in [-0.25, -0.2) is 0 Å². The van der Waals surface area contributed by atoms with Gasteiger partial charge in [0.05, 0.1) is 0 Å². The van der Waals surface area contributed by atoms with Crippen LogP contribution in [0.5, 0.6) is 0 Å². The largest absolute Gasteiger partial charge is 0.455 e. The fraction of sp³-hybridized carbons (Fsp3) is 0. The molecular formula is C54H35NO. The van der Waals surface area contributed by atoms with Crippen LogP contribution in [-0.4, -0.2) is 0 Å². The molecule has 1 heterocycles. The van der Waals surface area contributed by atoms with E-state index in [9.17, 15) is 0 Å². The second-order valence-electron chi connectivity index (χ2n) is 14.5. The summed E-state index contributed by atoms with van der Waals surface area (Å²) in [7, 11) is 0. The number of rotatable bonds is 6. The lowest BCUT2D eigenvalue weighted by Crippen LogP contribution is -2.10. The minimum absolute atomic E-state index is 0.893. The average Bonchev–Trinajstić information content (AvgIpc) is 3.67. The summed E-state index contributed by atoms with van der Waals surface area (Å²) >= 11 is 0. The van der Waals surface area contributed by atoms with Crippen molar-refractivity contribution in [1.82, 2.24) is 0 Å². The van der Waals surface area contributed by atoms with Gasteiger partial charge in [-0.05, 0) is 115 Å². The van der Waals surface area contributed by atoms with Crippen LogP contribution in [0.2, 0.25) is 0 Å². The van der Waals surface area contributed by atoms with Crippen LogP contribution in [0.1, 0.15) is 0 Å². The normalized spacial score (nSPS) is 11.6. The Bertz CT molecular complexity index is 3240. The van der Waals surface area contributed by atoms with Gasteiger partial charge < -0.3 is 9.32 Å². The highest BCUT2D eigenvalue weighted by Gasteiger charge is 2.18. The lowest BCUT2D eigenvalue weighted by Gasteiger charge is -2.26. The van der Waals surface area contributed by atoms with E-state index in [1.54, 1.807) is 0 Å². The first-order valence-corrected chi connectivity index (χ1v) is 19.2. The van der Waals surface area contributed by atoms with Gasteiger partial charge in [0, 0.05) is 33.2 Å². The van der Waals surface area contributed by atoms with Gasteiger partial charge >= 0.3 is 0 Å². The summed E-state index contributed by atoms with van der Waals surface area (Å²) in [6.45, 7) is 0. The monoisotopic (exact) mass is 713 g/mol. The fourth-order valence-corrected chi connectivity index (χ4v) is 8.49. The van der Waals surface area contributed by atoms with Gasteiger partial charge in [0.1, 0.15) is 11.2 Å². The molecule has 11 rings (SSSR count). The highest BCUT2D eigenvalue weighted by Crippen LogP contribution is 2.43. The molecule has 0 unspecified atom stereocenters. The van der Waals surface area contributed by atoms with E-state index in [-0.39, 0.29) is 0 Å². The number of nitrogens with zero attached hydrogens (tertiary/aromatic N) is 1. The van der Waals surface area contributed by atoms with Gasteiger partial charge in [-0.2, -0.15) is 0 Å². The molecule has 0 atom stereocenters. The second kappa shape index (κ2) is 13.2. The van der Waals surface area contributed by atoms with E-state index < -0.39 is 0 Å². The van der Waals surface area contributed by atoms with Crippen LogP contribution in [0.4, 0.5) is 17.1 Å². The zero-order chi connectivity index (χ0) is 37.0. The van der Waals surface area contributed by atoms with E-state index in [1.165, 1.54) is 49.2 Å². The fourth-order valence-electron chi connectivity index (χ4n) is 8.49. The maximum atomic E-state index is 6.58. The van der Waals surface area contributed by atoms with Crippen molar-refractivity contribution in [3.63, 3.8) is 0 Å². The van der Waals surface area contributed by atoms with Crippen molar-refractivity contribution < 1.29 is 4.42 Å². The third-order valence-electron chi connectivity index (χ3n) is 11.2. The molecule has 56 heavy (non-hydrogen) atoms. The Morgan fingerprint density at radius 3 is 1.70 bits per heavy atom. The highest BCUT2D eigenvalue weighted by molar-refractivity contribution is 6.19. The van der Waals surface area contributed by atoms with Crippen LogP contribution in [-0.2, 0) is 0 Å². The van der Waals surface area contributed by atoms with Gasteiger partial charge in [-0.15, -0.1) is 0 Å². The predicted molar refractivity (Wildman–Crippen MR) is 237 cm³/mol. The Hall–Kier alpha value is -7.42. The molecule has 0 aliphatic rings. The molecule has 0 N–H and O–H groups in total. The molecule has 0 radical (unpaired) electrons. The minimum Gasteiger partial charge on any atom is -0.455 e. The molecule has 10 aromatic carbocycles. The smallest absolute Gasteiger partial charge is 0.143 e. The number of benzene rings is 10. The van der Waals surface area contributed by atoms with Crippen LogP contribution < -0.4 is 4.90 Å². The molecule has 11 aromatic rings. The summed E-state index contributed by atoms with van der Waals surface area (Å²) < 4.78 is 6.58. The summed E-state index contributed by atoms with van der Waals surface area (Å²) in [4.78, 5) is 2.36. The van der Waals surface area contributed by atoms with Crippen molar-refractivity contribution in [2.75, 3.05) is 4.90 Å². The topological polar surface area (TPSA) is 16.4 Å². The lowest BCUT2D eigenvalue weighted by molar-refractivity contribution is 0.673. The molecule has 0 saturated carbocycles. The number of hydrogen-bond acceptors (Lipinski definition) is 2. The van der Waals surface area contributed by atoms with Gasteiger partial charge in [-0.3, -0.25) is 0 Å². The zero-order valence-electron chi connectivity index (χ0n) is 30.6. The SMILES string of the molecule is c1cc(-c2cccc3oc4c5ccccc5ccc4c23)cc(N(c2ccc(-c3ccc4ccccc4c3)cc2)c2ccc(-c3cccc4ccccc34)cc2)c1. The van der Waals surface area contributed by atoms with Crippen molar-refractivity contribution in [2.24, 2.45) is 0 Å². The van der Waals surface area contributed by atoms with E-state index >= 15 is 0 Å². The summed E-state index contributed by atoms with van der Waals surface area (Å²) in [5.41, 5.74) is 12.2. The van der Waals surface area contributed by atoms with Crippen LogP contribution in [0.15, 0.2) is 217 Å². The molecular weight excluding hydrogens is 679 g/mol. The van der Waals surface area contributed by atoms with Gasteiger partial charge in [0.2, 0.25) is 0 Å². The first-order chi connectivity index (χ1) is 27.7. The second-order valence-corrected chi connectivity index (χ2v) is 14.5. The van der Waals surface area contributed by atoms with Crippen molar-refractivity contribution >= 4 is 71.3 Å². The van der Waals surface area contributed by atoms with Crippen molar-refractivity contribution in [3.8, 4) is 33.4 Å². The third-order valence-corrected chi connectivity index (χ3v) is 11.2. The molecule has 1 aromatic heterocycles. The first-order valence-electron chi connectivity index (χ1n) is 19.2. The Morgan fingerprint density at radius 2 is 0.893 bits per heavy atom.